The van der Waals surface area contributed by atoms with Crippen molar-refractivity contribution in [2.45, 2.75) is 26.2 Å². The van der Waals surface area contributed by atoms with Crippen LogP contribution in [-0.2, 0) is 0 Å². The maximum absolute atomic E-state index is 5.74. The van der Waals surface area contributed by atoms with Crippen LogP contribution >= 0.6 is 0 Å². The lowest BCUT2D eigenvalue weighted by molar-refractivity contribution is 0.303. The number of hydrogen-bond donors (Lipinski definition) is 1. The minimum absolute atomic E-state index is 0.611. The maximum Gasteiger partial charge on any atom is 0.128 e. The third-order valence-electron chi connectivity index (χ3n) is 3.03. The van der Waals surface area contributed by atoms with Gasteiger partial charge in [-0.15, -0.1) is 0 Å². The fraction of sp³-hybridized carbons (Fsp3) is 0.467. The summed E-state index contributed by atoms with van der Waals surface area (Å²) >= 11 is 0. The van der Waals surface area contributed by atoms with Gasteiger partial charge in [0.2, 0.25) is 0 Å². The van der Waals surface area contributed by atoms with Gasteiger partial charge in [0.15, 0.2) is 0 Å². The van der Waals surface area contributed by atoms with Crippen molar-refractivity contribution < 1.29 is 9.47 Å². The molecule has 18 heavy (non-hydrogen) atoms. The van der Waals surface area contributed by atoms with Gasteiger partial charge in [-0.1, -0.05) is 19.8 Å². The molecule has 0 atom stereocenters. The van der Waals surface area contributed by atoms with Gasteiger partial charge in [-0.2, -0.15) is 0 Å². The molecule has 0 bridgehead atoms. The van der Waals surface area contributed by atoms with E-state index in [0.717, 1.165) is 35.8 Å². The van der Waals surface area contributed by atoms with E-state index in [4.69, 9.17) is 9.47 Å². The van der Waals surface area contributed by atoms with E-state index < -0.39 is 0 Å². The Morgan fingerprint density at radius 2 is 2.22 bits per heavy atom. The quantitative estimate of drug-likeness (QED) is 0.783. The van der Waals surface area contributed by atoms with E-state index in [1.807, 2.05) is 25.2 Å². The van der Waals surface area contributed by atoms with Crippen LogP contribution in [0.15, 0.2) is 23.9 Å². The molecule has 0 saturated heterocycles. The first-order chi connectivity index (χ1) is 8.83. The first kappa shape index (κ1) is 12.8. The number of unbranched alkanes of at least 4 members (excludes halogenated alkanes) is 2. The summed E-state index contributed by atoms with van der Waals surface area (Å²) in [5, 5.41) is 3.12. The topological polar surface area (TPSA) is 30.5 Å². The Morgan fingerprint density at radius 1 is 1.33 bits per heavy atom. The van der Waals surface area contributed by atoms with Gasteiger partial charge in [0.25, 0.3) is 0 Å². The van der Waals surface area contributed by atoms with Crippen molar-refractivity contribution in [3.8, 4) is 11.5 Å². The van der Waals surface area contributed by atoms with Crippen LogP contribution in [0.5, 0.6) is 11.5 Å². The van der Waals surface area contributed by atoms with Gasteiger partial charge in [0, 0.05) is 18.3 Å². The van der Waals surface area contributed by atoms with Crippen molar-refractivity contribution >= 4 is 6.08 Å². The van der Waals surface area contributed by atoms with Gasteiger partial charge in [-0.05, 0) is 30.7 Å². The molecule has 0 spiro atoms. The Kier molecular flexibility index (Phi) is 4.51. The van der Waals surface area contributed by atoms with Gasteiger partial charge in [0.05, 0.1) is 6.61 Å². The van der Waals surface area contributed by atoms with Crippen LogP contribution in [0.2, 0.25) is 0 Å². The summed E-state index contributed by atoms with van der Waals surface area (Å²) in [6.07, 6.45) is 5.66. The summed E-state index contributed by atoms with van der Waals surface area (Å²) in [5.74, 6) is 1.84. The normalized spacial score (nSPS) is 13.3. The molecule has 2 rings (SSSR count). The largest absolute Gasteiger partial charge is 0.494 e. The summed E-state index contributed by atoms with van der Waals surface area (Å²) in [5.41, 5.74) is 2.17. The SMILES string of the molecule is CCCCCOc1ccc2c(c1)C=C(NC)CO2. The van der Waals surface area contributed by atoms with Crippen LogP contribution in [-0.4, -0.2) is 20.3 Å². The van der Waals surface area contributed by atoms with Crippen LogP contribution in [0, 0.1) is 0 Å². The van der Waals surface area contributed by atoms with E-state index >= 15 is 0 Å². The first-order valence-electron chi connectivity index (χ1n) is 6.61. The first-order valence-corrected chi connectivity index (χ1v) is 6.61. The molecule has 0 amide bonds. The molecule has 98 valence electrons. The second-order valence-corrected chi connectivity index (χ2v) is 4.46. The highest BCUT2D eigenvalue weighted by Crippen LogP contribution is 2.29. The predicted molar refractivity (Wildman–Crippen MR) is 74.0 cm³/mol. The Labute approximate surface area is 109 Å². The molecular weight excluding hydrogens is 226 g/mol. The number of nitrogens with one attached hydrogen (secondary N) is 1. The highest BCUT2D eigenvalue weighted by Gasteiger charge is 2.11. The molecule has 1 heterocycles. The highest BCUT2D eigenvalue weighted by molar-refractivity contribution is 5.63. The standard InChI is InChI=1S/C15H21NO2/c1-3-4-5-8-17-14-6-7-15-12(10-14)9-13(16-2)11-18-15/h6-7,9-10,16H,3-5,8,11H2,1-2H3. The van der Waals surface area contributed by atoms with Crippen molar-refractivity contribution in [3.05, 3.63) is 29.5 Å². The zero-order valence-electron chi connectivity index (χ0n) is 11.2. The highest BCUT2D eigenvalue weighted by atomic mass is 16.5. The number of likely N-dealkylation sites (N-methyl/N-ethyl adjacent to an activating group) is 1. The number of hydrogen-bond acceptors (Lipinski definition) is 3. The van der Waals surface area contributed by atoms with Crippen LogP contribution in [0.25, 0.3) is 6.08 Å². The van der Waals surface area contributed by atoms with Crippen molar-refractivity contribution in [1.82, 2.24) is 5.32 Å². The van der Waals surface area contributed by atoms with E-state index in [0.29, 0.717) is 6.61 Å². The molecule has 0 fully saturated rings. The summed E-state index contributed by atoms with van der Waals surface area (Å²) in [6.45, 7) is 3.59. The lowest BCUT2D eigenvalue weighted by atomic mass is 10.1. The smallest absolute Gasteiger partial charge is 0.128 e. The fourth-order valence-electron chi connectivity index (χ4n) is 1.93. The van der Waals surface area contributed by atoms with Crippen LogP contribution in [0.1, 0.15) is 31.7 Å². The van der Waals surface area contributed by atoms with Gasteiger partial charge >= 0.3 is 0 Å². The van der Waals surface area contributed by atoms with Gasteiger partial charge in [0.1, 0.15) is 18.1 Å². The molecule has 0 saturated carbocycles. The predicted octanol–water partition coefficient (Wildman–Crippen LogP) is 3.21. The molecule has 0 aromatic heterocycles. The molecule has 1 aromatic carbocycles. The molecule has 1 N–H and O–H groups in total. The number of ether oxygens (including phenoxy) is 2. The summed E-state index contributed by atoms with van der Waals surface area (Å²) in [7, 11) is 1.91. The summed E-state index contributed by atoms with van der Waals surface area (Å²) in [6, 6.07) is 5.99. The fourth-order valence-corrected chi connectivity index (χ4v) is 1.93. The Bertz CT molecular complexity index is 427. The Balaban J connectivity index is 2.01. The van der Waals surface area contributed by atoms with Gasteiger partial charge < -0.3 is 14.8 Å². The maximum atomic E-state index is 5.74. The third-order valence-corrected chi connectivity index (χ3v) is 3.03. The lowest BCUT2D eigenvalue weighted by Crippen LogP contribution is -2.17. The Morgan fingerprint density at radius 3 is 3.00 bits per heavy atom. The monoisotopic (exact) mass is 247 g/mol. The zero-order chi connectivity index (χ0) is 12.8. The number of fused-ring (bicyclic) bond motifs is 1. The van der Waals surface area contributed by atoms with Crippen molar-refractivity contribution in [1.29, 1.82) is 0 Å². The molecule has 1 aromatic rings. The van der Waals surface area contributed by atoms with Gasteiger partial charge in [-0.25, -0.2) is 0 Å². The minimum atomic E-state index is 0.611. The van der Waals surface area contributed by atoms with E-state index in [1.54, 1.807) is 0 Å². The second-order valence-electron chi connectivity index (χ2n) is 4.46. The summed E-state index contributed by atoms with van der Waals surface area (Å²) < 4.78 is 11.4. The minimum Gasteiger partial charge on any atom is -0.494 e. The van der Waals surface area contributed by atoms with E-state index in [2.05, 4.69) is 18.3 Å². The van der Waals surface area contributed by atoms with E-state index in [9.17, 15) is 0 Å². The molecule has 0 aliphatic carbocycles. The Hall–Kier alpha value is -1.64. The third kappa shape index (κ3) is 3.19. The molecule has 1 aliphatic heterocycles. The molecular formula is C15H21NO2. The van der Waals surface area contributed by atoms with E-state index in [-0.39, 0.29) is 0 Å². The number of benzene rings is 1. The second kappa shape index (κ2) is 6.34. The van der Waals surface area contributed by atoms with Gasteiger partial charge in [-0.3, -0.25) is 0 Å². The average molecular weight is 247 g/mol. The average Bonchev–Trinajstić information content (AvgIpc) is 2.42. The van der Waals surface area contributed by atoms with Crippen molar-refractivity contribution in [2.24, 2.45) is 0 Å². The van der Waals surface area contributed by atoms with Crippen LogP contribution in [0.3, 0.4) is 0 Å². The van der Waals surface area contributed by atoms with Crippen molar-refractivity contribution in [3.63, 3.8) is 0 Å². The van der Waals surface area contributed by atoms with E-state index in [1.165, 1.54) is 12.8 Å². The van der Waals surface area contributed by atoms with Crippen LogP contribution < -0.4 is 14.8 Å². The zero-order valence-corrected chi connectivity index (χ0v) is 11.2. The molecule has 3 nitrogen and oxygen atoms in total. The lowest BCUT2D eigenvalue weighted by Gasteiger charge is -2.18. The molecule has 3 heteroatoms. The molecule has 1 aliphatic rings. The summed E-state index contributed by atoms with van der Waals surface area (Å²) in [4.78, 5) is 0. The number of rotatable bonds is 6. The van der Waals surface area contributed by atoms with Crippen molar-refractivity contribution in [2.75, 3.05) is 20.3 Å². The molecule has 0 unspecified atom stereocenters. The van der Waals surface area contributed by atoms with Crippen LogP contribution in [0.4, 0.5) is 0 Å². The molecule has 0 radical (unpaired) electrons.